The number of nitro groups is 1. The number of rotatable bonds is 5. The second kappa shape index (κ2) is 8.46. The van der Waals surface area contributed by atoms with Gasteiger partial charge in [-0.3, -0.25) is 14.9 Å². The Hall–Kier alpha value is -2.89. The van der Waals surface area contributed by atoms with Gasteiger partial charge in [0.2, 0.25) is 5.13 Å². The highest BCUT2D eigenvalue weighted by molar-refractivity contribution is 9.10. The van der Waals surface area contributed by atoms with E-state index in [9.17, 15) is 14.9 Å². The fourth-order valence-electron chi connectivity index (χ4n) is 2.53. The number of hydrogen-bond acceptors (Lipinski definition) is 7. The van der Waals surface area contributed by atoms with Crippen molar-refractivity contribution < 1.29 is 14.1 Å². The number of fused-ring (bicyclic) bond motifs is 1. The molecule has 2 aromatic carbocycles. The van der Waals surface area contributed by atoms with Crippen LogP contribution in [0.2, 0.25) is 0 Å². The van der Waals surface area contributed by atoms with Gasteiger partial charge in [0.05, 0.1) is 22.5 Å². The van der Waals surface area contributed by atoms with E-state index in [2.05, 4.69) is 41.9 Å². The summed E-state index contributed by atoms with van der Waals surface area (Å²) in [4.78, 5) is 27.9. The molecule has 1 amide bonds. The van der Waals surface area contributed by atoms with E-state index in [0.717, 1.165) is 18.7 Å². The lowest BCUT2D eigenvalue weighted by Gasteiger charge is -2.13. The largest absolute Gasteiger partial charge is 0.433 e. The smallest absolute Gasteiger partial charge is 0.400 e. The number of carbonyl (C=O) groups excluding carboxylic acids is 1. The number of aromatic nitrogens is 1. The number of nitrogens with zero attached hydrogens (tertiary/aromatic N) is 4. The van der Waals surface area contributed by atoms with Gasteiger partial charge in [0.15, 0.2) is 5.76 Å². The number of hydrazone groups is 1. The van der Waals surface area contributed by atoms with Crippen LogP contribution in [0.25, 0.3) is 10.2 Å². The van der Waals surface area contributed by atoms with Crippen molar-refractivity contribution >= 4 is 76.6 Å². The molecular weight excluding hydrogens is 540 g/mol. The van der Waals surface area contributed by atoms with Crippen molar-refractivity contribution in [2.75, 3.05) is 5.01 Å². The zero-order valence-electron chi connectivity index (χ0n) is 14.9. The first-order valence-electron chi connectivity index (χ1n) is 8.35. The summed E-state index contributed by atoms with van der Waals surface area (Å²) in [7, 11) is 0. The maximum Gasteiger partial charge on any atom is 0.433 e. The number of carbonyl (C=O) groups is 1. The summed E-state index contributed by atoms with van der Waals surface area (Å²) in [6.07, 6.45) is 1.24. The number of benzene rings is 2. The van der Waals surface area contributed by atoms with E-state index in [-0.39, 0.29) is 5.76 Å². The van der Waals surface area contributed by atoms with E-state index in [0.29, 0.717) is 16.2 Å². The van der Waals surface area contributed by atoms with Crippen molar-refractivity contribution in [2.24, 2.45) is 5.10 Å². The van der Waals surface area contributed by atoms with E-state index in [1.165, 1.54) is 29.7 Å². The standard InChI is InChI=1S/C19H10Br2N4O4S/c20-12-3-1-2-11(8-12)18(26)24(22-10-14-5-7-17(29-14)25(27)28)19-23-15-6-4-13(21)9-16(15)30-19/h1-10H/b22-10+. The van der Waals surface area contributed by atoms with Crippen molar-refractivity contribution in [1.29, 1.82) is 0 Å². The molecule has 0 radical (unpaired) electrons. The molecule has 0 atom stereocenters. The minimum atomic E-state index is -0.646. The fraction of sp³-hybridized carbons (Fsp3) is 0. The van der Waals surface area contributed by atoms with E-state index < -0.39 is 16.7 Å². The van der Waals surface area contributed by atoms with Crippen LogP contribution in [-0.4, -0.2) is 22.0 Å². The fourth-order valence-corrected chi connectivity index (χ4v) is 4.41. The van der Waals surface area contributed by atoms with Gasteiger partial charge in [-0.2, -0.15) is 10.1 Å². The molecule has 150 valence electrons. The molecule has 30 heavy (non-hydrogen) atoms. The Morgan fingerprint density at radius 2 is 1.97 bits per heavy atom. The Kier molecular flexibility index (Phi) is 5.75. The van der Waals surface area contributed by atoms with Gasteiger partial charge in [-0.25, -0.2) is 4.98 Å². The summed E-state index contributed by atoms with van der Waals surface area (Å²) in [6, 6.07) is 15.1. The molecule has 4 rings (SSSR count). The first-order valence-corrected chi connectivity index (χ1v) is 10.8. The third kappa shape index (κ3) is 4.32. The summed E-state index contributed by atoms with van der Waals surface area (Å²) in [5, 5.41) is 16.5. The number of thiazole rings is 1. The van der Waals surface area contributed by atoms with Crippen LogP contribution in [0, 0.1) is 10.1 Å². The molecule has 0 aliphatic carbocycles. The average molecular weight is 550 g/mol. The van der Waals surface area contributed by atoms with E-state index in [1.54, 1.807) is 18.2 Å². The maximum atomic E-state index is 13.2. The highest BCUT2D eigenvalue weighted by Gasteiger charge is 2.22. The predicted molar refractivity (Wildman–Crippen MR) is 121 cm³/mol. The van der Waals surface area contributed by atoms with E-state index >= 15 is 0 Å². The summed E-state index contributed by atoms with van der Waals surface area (Å²) >= 11 is 8.07. The Morgan fingerprint density at radius 1 is 1.17 bits per heavy atom. The minimum Gasteiger partial charge on any atom is -0.400 e. The number of amides is 1. The third-order valence-electron chi connectivity index (χ3n) is 3.88. The van der Waals surface area contributed by atoms with Crippen LogP contribution in [0.4, 0.5) is 11.0 Å². The van der Waals surface area contributed by atoms with Crippen LogP contribution >= 0.6 is 43.2 Å². The van der Waals surface area contributed by atoms with Crippen molar-refractivity contribution in [3.63, 3.8) is 0 Å². The normalized spacial score (nSPS) is 11.3. The van der Waals surface area contributed by atoms with Gasteiger partial charge in [0, 0.05) is 14.5 Å². The van der Waals surface area contributed by atoms with E-state index in [1.807, 2.05) is 24.3 Å². The van der Waals surface area contributed by atoms with Gasteiger partial charge in [-0.1, -0.05) is 49.3 Å². The van der Waals surface area contributed by atoms with Crippen LogP contribution in [0.1, 0.15) is 16.1 Å². The van der Waals surface area contributed by atoms with E-state index in [4.69, 9.17) is 4.42 Å². The van der Waals surface area contributed by atoms with Gasteiger partial charge in [0.1, 0.15) is 4.92 Å². The molecule has 2 aromatic heterocycles. The topological polar surface area (TPSA) is 102 Å². The van der Waals surface area contributed by atoms with Gasteiger partial charge in [0.25, 0.3) is 5.91 Å². The Bertz CT molecular complexity index is 1300. The van der Waals surface area contributed by atoms with Crippen molar-refractivity contribution in [3.05, 3.63) is 85.0 Å². The molecule has 0 N–H and O–H groups in total. The Labute approximate surface area is 190 Å². The molecule has 11 heteroatoms. The van der Waals surface area contributed by atoms with Crippen LogP contribution in [0.3, 0.4) is 0 Å². The van der Waals surface area contributed by atoms with Crippen LogP contribution in [-0.2, 0) is 0 Å². The summed E-state index contributed by atoms with van der Waals surface area (Å²) in [5.74, 6) is -0.685. The molecule has 8 nitrogen and oxygen atoms in total. The predicted octanol–water partition coefficient (Wildman–Crippen LogP) is 6.00. The lowest BCUT2D eigenvalue weighted by Crippen LogP contribution is -2.25. The third-order valence-corrected chi connectivity index (χ3v) is 5.86. The van der Waals surface area contributed by atoms with Gasteiger partial charge >= 0.3 is 5.88 Å². The van der Waals surface area contributed by atoms with Gasteiger partial charge in [-0.15, -0.1) is 0 Å². The summed E-state index contributed by atoms with van der Waals surface area (Å²) < 4.78 is 7.60. The van der Waals surface area contributed by atoms with Crippen LogP contribution in [0.15, 0.2) is 73.1 Å². The van der Waals surface area contributed by atoms with Gasteiger partial charge < -0.3 is 4.42 Å². The van der Waals surface area contributed by atoms with Crippen LogP contribution < -0.4 is 5.01 Å². The highest BCUT2D eigenvalue weighted by atomic mass is 79.9. The molecule has 0 saturated heterocycles. The van der Waals surface area contributed by atoms with Crippen molar-refractivity contribution in [2.45, 2.75) is 0 Å². The monoisotopic (exact) mass is 548 g/mol. The average Bonchev–Trinajstić information content (AvgIpc) is 3.35. The Balaban J connectivity index is 1.75. The van der Waals surface area contributed by atoms with Crippen molar-refractivity contribution in [1.82, 2.24) is 4.98 Å². The van der Waals surface area contributed by atoms with Gasteiger partial charge in [-0.05, 0) is 42.5 Å². The van der Waals surface area contributed by atoms with Crippen LogP contribution in [0.5, 0.6) is 0 Å². The number of halogens is 2. The second-order valence-electron chi connectivity index (χ2n) is 5.91. The minimum absolute atomic E-state index is 0.137. The first kappa shape index (κ1) is 20.4. The highest BCUT2D eigenvalue weighted by Crippen LogP contribution is 2.32. The molecule has 0 saturated carbocycles. The number of hydrogen-bond donors (Lipinski definition) is 0. The Morgan fingerprint density at radius 3 is 2.70 bits per heavy atom. The molecule has 0 aliphatic rings. The SMILES string of the molecule is O=C(c1cccc(Br)c1)N(/N=C/c1ccc([N+](=O)[O-])o1)c1nc2ccc(Br)cc2s1. The molecule has 0 aliphatic heterocycles. The molecule has 4 aromatic rings. The quantitative estimate of drug-likeness (QED) is 0.172. The first-order chi connectivity index (χ1) is 14.4. The molecule has 0 bridgehead atoms. The lowest BCUT2D eigenvalue weighted by atomic mass is 10.2. The zero-order chi connectivity index (χ0) is 21.3. The molecule has 0 spiro atoms. The molecule has 2 heterocycles. The summed E-state index contributed by atoms with van der Waals surface area (Å²) in [6.45, 7) is 0. The number of anilines is 1. The summed E-state index contributed by atoms with van der Waals surface area (Å²) in [5.41, 5.74) is 1.11. The molecular formula is C19H10Br2N4O4S. The maximum absolute atomic E-state index is 13.2. The second-order valence-corrected chi connectivity index (χ2v) is 8.75. The zero-order valence-corrected chi connectivity index (χ0v) is 18.8. The lowest BCUT2D eigenvalue weighted by molar-refractivity contribution is -0.402. The number of furan rings is 1. The molecule has 0 unspecified atom stereocenters. The van der Waals surface area contributed by atoms with Crippen molar-refractivity contribution in [3.8, 4) is 0 Å². The molecule has 0 fully saturated rings.